The van der Waals surface area contributed by atoms with Gasteiger partial charge in [0.25, 0.3) is 0 Å². The van der Waals surface area contributed by atoms with Crippen LogP contribution in [0, 0.1) is 13.8 Å². The molecule has 2 rings (SSSR count). The maximum Gasteiger partial charge on any atom is 0.135 e. The molecule has 0 spiro atoms. The maximum absolute atomic E-state index is 11.1. The van der Waals surface area contributed by atoms with Crippen molar-refractivity contribution in [3.63, 3.8) is 0 Å². The molecule has 1 fully saturated rings. The lowest BCUT2D eigenvalue weighted by Gasteiger charge is -2.26. The summed E-state index contributed by atoms with van der Waals surface area (Å²) in [4.78, 5) is 13.5. The van der Waals surface area contributed by atoms with Crippen LogP contribution in [0.2, 0.25) is 0 Å². The molecule has 16 heavy (non-hydrogen) atoms. The van der Waals surface area contributed by atoms with Crippen LogP contribution in [0.4, 0.5) is 0 Å². The minimum absolute atomic E-state index is 0.414. The topological polar surface area (TPSA) is 20.3 Å². The van der Waals surface area contributed by atoms with Gasteiger partial charge in [0.15, 0.2) is 0 Å². The molecule has 2 heteroatoms. The van der Waals surface area contributed by atoms with Crippen molar-refractivity contribution in [1.29, 1.82) is 0 Å². The van der Waals surface area contributed by atoms with Crippen LogP contribution in [0.5, 0.6) is 0 Å². The number of rotatable bonds is 2. The van der Waals surface area contributed by atoms with Crippen LogP contribution in [0.3, 0.4) is 0 Å². The highest BCUT2D eigenvalue weighted by molar-refractivity contribution is 5.79. The predicted molar refractivity (Wildman–Crippen MR) is 65.4 cm³/mol. The Morgan fingerprint density at radius 2 is 1.88 bits per heavy atom. The van der Waals surface area contributed by atoms with Gasteiger partial charge in [-0.25, -0.2) is 0 Å². The number of aryl methyl sites for hydroxylation is 2. The fourth-order valence-electron chi connectivity index (χ4n) is 2.22. The summed E-state index contributed by atoms with van der Waals surface area (Å²) in [7, 11) is 0. The molecular formula is C14H19NO. The van der Waals surface area contributed by atoms with E-state index >= 15 is 0 Å². The summed E-state index contributed by atoms with van der Waals surface area (Å²) in [5.41, 5.74) is 4.06. The van der Waals surface area contributed by atoms with E-state index in [-0.39, 0.29) is 0 Å². The van der Waals surface area contributed by atoms with Crippen LogP contribution in [0.25, 0.3) is 0 Å². The maximum atomic E-state index is 11.1. The van der Waals surface area contributed by atoms with Crippen molar-refractivity contribution in [3.05, 3.63) is 34.9 Å². The Morgan fingerprint density at radius 3 is 2.50 bits per heavy atom. The molecule has 1 aromatic carbocycles. The van der Waals surface area contributed by atoms with Gasteiger partial charge in [0.05, 0.1) is 0 Å². The molecule has 0 saturated carbocycles. The summed E-state index contributed by atoms with van der Waals surface area (Å²) >= 11 is 0. The number of carbonyl (C=O) groups excluding carboxylic acids is 1. The van der Waals surface area contributed by atoms with E-state index in [0.717, 1.165) is 32.5 Å². The molecule has 1 aromatic rings. The molecule has 1 heterocycles. The highest BCUT2D eigenvalue weighted by Gasteiger charge is 2.16. The lowest BCUT2D eigenvalue weighted by molar-refractivity contribution is -0.121. The number of benzene rings is 1. The number of carbonyl (C=O) groups is 1. The SMILES string of the molecule is Cc1ccc(CN2CCC(=O)CC2)c(C)c1. The molecule has 0 N–H and O–H groups in total. The van der Waals surface area contributed by atoms with E-state index in [1.54, 1.807) is 0 Å². The van der Waals surface area contributed by atoms with Crippen LogP contribution in [-0.2, 0) is 11.3 Å². The van der Waals surface area contributed by atoms with Gasteiger partial charge >= 0.3 is 0 Å². The van der Waals surface area contributed by atoms with Crippen molar-refractivity contribution in [2.45, 2.75) is 33.2 Å². The third-order valence-corrected chi connectivity index (χ3v) is 3.31. The second-order valence-electron chi connectivity index (χ2n) is 4.74. The summed E-state index contributed by atoms with van der Waals surface area (Å²) in [6, 6.07) is 6.60. The Labute approximate surface area is 97.3 Å². The quantitative estimate of drug-likeness (QED) is 0.758. The Morgan fingerprint density at radius 1 is 1.19 bits per heavy atom. The van der Waals surface area contributed by atoms with E-state index in [0.29, 0.717) is 5.78 Å². The average Bonchev–Trinajstić information content (AvgIpc) is 2.25. The number of Topliss-reactive ketones (excluding diaryl/α,β-unsaturated/α-hetero) is 1. The number of likely N-dealkylation sites (tertiary alicyclic amines) is 1. The lowest BCUT2D eigenvalue weighted by atomic mass is 10.0. The molecular weight excluding hydrogens is 198 g/mol. The molecule has 0 bridgehead atoms. The van der Waals surface area contributed by atoms with Gasteiger partial charge in [0.1, 0.15) is 5.78 Å². The number of nitrogens with zero attached hydrogens (tertiary/aromatic N) is 1. The summed E-state index contributed by atoms with van der Waals surface area (Å²) < 4.78 is 0. The first kappa shape index (κ1) is 11.3. The van der Waals surface area contributed by atoms with E-state index in [4.69, 9.17) is 0 Å². The summed E-state index contributed by atoms with van der Waals surface area (Å²) in [6.45, 7) is 7.12. The van der Waals surface area contributed by atoms with Gasteiger partial charge in [-0.15, -0.1) is 0 Å². The molecule has 0 amide bonds. The second kappa shape index (κ2) is 4.79. The minimum Gasteiger partial charge on any atom is -0.300 e. The van der Waals surface area contributed by atoms with E-state index in [9.17, 15) is 4.79 Å². The van der Waals surface area contributed by atoms with Crippen LogP contribution in [0.1, 0.15) is 29.5 Å². The third-order valence-electron chi connectivity index (χ3n) is 3.31. The number of hydrogen-bond acceptors (Lipinski definition) is 2. The Bertz CT molecular complexity index is 388. The van der Waals surface area contributed by atoms with Gasteiger partial charge in [-0.3, -0.25) is 9.69 Å². The molecule has 0 radical (unpaired) electrons. The zero-order valence-electron chi connectivity index (χ0n) is 10.1. The third kappa shape index (κ3) is 2.70. The molecule has 1 aliphatic rings. The van der Waals surface area contributed by atoms with Crippen molar-refractivity contribution >= 4 is 5.78 Å². The van der Waals surface area contributed by atoms with Crippen molar-refractivity contribution in [2.24, 2.45) is 0 Å². The van der Waals surface area contributed by atoms with Gasteiger partial charge < -0.3 is 0 Å². The van der Waals surface area contributed by atoms with Gasteiger partial charge in [-0.05, 0) is 25.0 Å². The predicted octanol–water partition coefficient (Wildman–Crippen LogP) is 2.47. The summed E-state index contributed by atoms with van der Waals surface area (Å²) in [6.07, 6.45) is 1.45. The van der Waals surface area contributed by atoms with Crippen molar-refractivity contribution in [1.82, 2.24) is 4.90 Å². The lowest BCUT2D eigenvalue weighted by Crippen LogP contribution is -2.33. The van der Waals surface area contributed by atoms with Crippen molar-refractivity contribution in [3.8, 4) is 0 Å². The number of hydrogen-bond donors (Lipinski definition) is 0. The average molecular weight is 217 g/mol. The smallest absolute Gasteiger partial charge is 0.135 e. The van der Waals surface area contributed by atoms with Gasteiger partial charge in [-0.1, -0.05) is 23.8 Å². The first-order chi connectivity index (χ1) is 7.65. The minimum atomic E-state index is 0.414. The molecule has 0 unspecified atom stereocenters. The van der Waals surface area contributed by atoms with E-state index < -0.39 is 0 Å². The Balaban J connectivity index is 2.01. The normalized spacial score (nSPS) is 17.8. The summed E-state index contributed by atoms with van der Waals surface area (Å²) in [5, 5.41) is 0. The van der Waals surface area contributed by atoms with Crippen LogP contribution >= 0.6 is 0 Å². The second-order valence-corrected chi connectivity index (χ2v) is 4.74. The first-order valence-electron chi connectivity index (χ1n) is 5.95. The fraction of sp³-hybridized carbons (Fsp3) is 0.500. The standard InChI is InChI=1S/C14H19NO/c1-11-3-4-13(12(2)9-11)10-15-7-5-14(16)6-8-15/h3-4,9H,5-8,10H2,1-2H3. The van der Waals surface area contributed by atoms with Crippen molar-refractivity contribution < 1.29 is 4.79 Å². The fourth-order valence-corrected chi connectivity index (χ4v) is 2.22. The zero-order valence-corrected chi connectivity index (χ0v) is 10.1. The number of piperidine rings is 1. The van der Waals surface area contributed by atoms with Crippen molar-refractivity contribution in [2.75, 3.05) is 13.1 Å². The van der Waals surface area contributed by atoms with E-state index in [1.165, 1.54) is 16.7 Å². The molecule has 0 aliphatic carbocycles. The van der Waals surface area contributed by atoms with Crippen LogP contribution < -0.4 is 0 Å². The largest absolute Gasteiger partial charge is 0.300 e. The molecule has 86 valence electrons. The monoisotopic (exact) mass is 217 g/mol. The van der Waals surface area contributed by atoms with Gasteiger partial charge in [0.2, 0.25) is 0 Å². The zero-order chi connectivity index (χ0) is 11.5. The Kier molecular flexibility index (Phi) is 3.39. The summed E-state index contributed by atoms with van der Waals surface area (Å²) in [5.74, 6) is 0.414. The van der Waals surface area contributed by atoms with Gasteiger partial charge in [0, 0.05) is 32.5 Å². The first-order valence-corrected chi connectivity index (χ1v) is 5.95. The van der Waals surface area contributed by atoms with E-state index in [2.05, 4.69) is 36.9 Å². The van der Waals surface area contributed by atoms with E-state index in [1.807, 2.05) is 0 Å². The van der Waals surface area contributed by atoms with Gasteiger partial charge in [-0.2, -0.15) is 0 Å². The molecule has 1 aliphatic heterocycles. The molecule has 1 saturated heterocycles. The molecule has 0 aromatic heterocycles. The molecule has 0 atom stereocenters. The van der Waals surface area contributed by atoms with Crippen LogP contribution in [0.15, 0.2) is 18.2 Å². The number of ketones is 1. The highest BCUT2D eigenvalue weighted by atomic mass is 16.1. The Hall–Kier alpha value is -1.15. The highest BCUT2D eigenvalue weighted by Crippen LogP contribution is 2.15. The van der Waals surface area contributed by atoms with Crippen LogP contribution in [-0.4, -0.2) is 23.8 Å². The molecule has 2 nitrogen and oxygen atoms in total.